The van der Waals surface area contributed by atoms with Gasteiger partial charge in [-0.2, -0.15) is 10.2 Å². The Kier molecular flexibility index (Phi) is 3.11. The Morgan fingerprint density at radius 2 is 2.35 bits per heavy atom. The first kappa shape index (κ1) is 11.6. The molecule has 0 bridgehead atoms. The average molecular weight is 233 g/mol. The number of aromatic nitrogens is 2. The van der Waals surface area contributed by atoms with Gasteiger partial charge in [0.15, 0.2) is 0 Å². The quantitative estimate of drug-likeness (QED) is 0.699. The molecule has 0 aromatic carbocycles. The molecule has 1 aromatic rings. The molecule has 1 aliphatic carbocycles. The lowest BCUT2D eigenvalue weighted by molar-refractivity contribution is 0.0575. The highest BCUT2D eigenvalue weighted by atomic mass is 16.3. The molecule has 2 rings (SSSR count). The van der Waals surface area contributed by atoms with Crippen LogP contribution in [-0.4, -0.2) is 28.2 Å². The first-order valence-corrected chi connectivity index (χ1v) is 5.56. The molecule has 4 N–H and O–H groups in total. The standard InChI is InChI=1S/C11H15N5O/c12-4-8-5-14-10(16-9(8)13)15-6-11(7-17)2-1-3-11/h5,17H,1-3,6-7H2,(H3,13,14,15,16). The Morgan fingerprint density at radius 3 is 2.82 bits per heavy atom. The molecule has 0 aliphatic heterocycles. The molecule has 90 valence electrons. The molecule has 0 spiro atoms. The number of rotatable bonds is 4. The smallest absolute Gasteiger partial charge is 0.224 e. The van der Waals surface area contributed by atoms with E-state index in [0.29, 0.717) is 12.5 Å². The van der Waals surface area contributed by atoms with Crippen molar-refractivity contribution in [3.8, 4) is 6.07 Å². The summed E-state index contributed by atoms with van der Waals surface area (Å²) in [5.74, 6) is 0.581. The molecular weight excluding hydrogens is 218 g/mol. The van der Waals surface area contributed by atoms with Crippen LogP contribution in [0.25, 0.3) is 0 Å². The highest BCUT2D eigenvalue weighted by Gasteiger charge is 2.36. The maximum absolute atomic E-state index is 9.30. The van der Waals surface area contributed by atoms with Crippen LogP contribution in [0.3, 0.4) is 0 Å². The number of hydrogen-bond acceptors (Lipinski definition) is 6. The highest BCUT2D eigenvalue weighted by molar-refractivity contribution is 5.49. The minimum absolute atomic E-state index is 0.0357. The monoisotopic (exact) mass is 233 g/mol. The molecule has 6 heteroatoms. The van der Waals surface area contributed by atoms with Gasteiger partial charge in [-0.05, 0) is 12.8 Å². The fourth-order valence-electron chi connectivity index (χ4n) is 1.90. The van der Waals surface area contributed by atoms with E-state index in [-0.39, 0.29) is 23.4 Å². The summed E-state index contributed by atoms with van der Waals surface area (Å²) in [6.45, 7) is 0.806. The van der Waals surface area contributed by atoms with Crippen molar-refractivity contribution in [2.75, 3.05) is 24.2 Å². The number of nitrogens with one attached hydrogen (secondary N) is 1. The fraction of sp³-hybridized carbons (Fsp3) is 0.545. The molecule has 1 aliphatic rings. The van der Waals surface area contributed by atoms with E-state index >= 15 is 0 Å². The highest BCUT2D eigenvalue weighted by Crippen LogP contribution is 2.40. The fourth-order valence-corrected chi connectivity index (χ4v) is 1.90. The van der Waals surface area contributed by atoms with E-state index in [1.54, 1.807) is 0 Å². The van der Waals surface area contributed by atoms with Crippen molar-refractivity contribution >= 4 is 11.8 Å². The van der Waals surface area contributed by atoms with E-state index in [0.717, 1.165) is 19.3 Å². The van der Waals surface area contributed by atoms with Crippen molar-refractivity contribution in [1.29, 1.82) is 5.26 Å². The van der Waals surface area contributed by atoms with Crippen LogP contribution in [0.5, 0.6) is 0 Å². The van der Waals surface area contributed by atoms with Gasteiger partial charge in [0.05, 0.1) is 12.8 Å². The van der Waals surface area contributed by atoms with Crippen LogP contribution < -0.4 is 11.1 Å². The Bertz CT molecular complexity index is 444. The van der Waals surface area contributed by atoms with Gasteiger partial charge in [-0.15, -0.1) is 0 Å². The maximum atomic E-state index is 9.30. The van der Waals surface area contributed by atoms with Crippen LogP contribution in [0.2, 0.25) is 0 Å². The predicted octanol–water partition coefficient (Wildman–Crippen LogP) is 0.505. The number of aliphatic hydroxyl groups is 1. The topological polar surface area (TPSA) is 108 Å². The van der Waals surface area contributed by atoms with Crippen LogP contribution in [0.4, 0.5) is 11.8 Å². The Hall–Kier alpha value is -1.87. The van der Waals surface area contributed by atoms with Gasteiger partial charge >= 0.3 is 0 Å². The van der Waals surface area contributed by atoms with Crippen molar-refractivity contribution in [2.24, 2.45) is 5.41 Å². The molecule has 1 fully saturated rings. The molecule has 1 heterocycles. The number of nitrogens with two attached hydrogens (primary N) is 1. The molecular formula is C11H15N5O. The van der Waals surface area contributed by atoms with Crippen molar-refractivity contribution in [1.82, 2.24) is 9.97 Å². The third kappa shape index (κ3) is 2.29. The normalized spacial score (nSPS) is 16.9. The van der Waals surface area contributed by atoms with Crippen LogP contribution >= 0.6 is 0 Å². The van der Waals surface area contributed by atoms with Crippen LogP contribution in [0.1, 0.15) is 24.8 Å². The summed E-state index contributed by atoms with van der Waals surface area (Å²) in [5, 5.41) is 21.1. The second kappa shape index (κ2) is 4.55. The lowest BCUT2D eigenvalue weighted by atomic mass is 9.69. The summed E-state index contributed by atoms with van der Waals surface area (Å²) < 4.78 is 0. The van der Waals surface area contributed by atoms with E-state index in [1.807, 2.05) is 6.07 Å². The maximum Gasteiger partial charge on any atom is 0.224 e. The first-order valence-electron chi connectivity index (χ1n) is 5.56. The lowest BCUT2D eigenvalue weighted by Crippen LogP contribution is -2.40. The zero-order valence-electron chi connectivity index (χ0n) is 9.48. The average Bonchev–Trinajstić information content (AvgIpc) is 2.28. The molecule has 1 aromatic heterocycles. The number of anilines is 2. The summed E-state index contributed by atoms with van der Waals surface area (Å²) in [6.07, 6.45) is 4.58. The van der Waals surface area contributed by atoms with Crippen molar-refractivity contribution in [2.45, 2.75) is 19.3 Å². The Balaban J connectivity index is 2.00. The van der Waals surface area contributed by atoms with E-state index in [1.165, 1.54) is 6.20 Å². The van der Waals surface area contributed by atoms with Crippen molar-refractivity contribution in [3.63, 3.8) is 0 Å². The number of nitrogen functional groups attached to an aromatic ring is 1. The van der Waals surface area contributed by atoms with E-state index in [4.69, 9.17) is 11.0 Å². The van der Waals surface area contributed by atoms with Gasteiger partial charge in [-0.3, -0.25) is 0 Å². The molecule has 0 unspecified atom stereocenters. The SMILES string of the molecule is N#Cc1cnc(NCC2(CO)CCC2)nc1N. The third-order valence-electron chi connectivity index (χ3n) is 3.31. The van der Waals surface area contributed by atoms with E-state index < -0.39 is 0 Å². The largest absolute Gasteiger partial charge is 0.396 e. The first-order chi connectivity index (χ1) is 8.19. The molecule has 0 atom stereocenters. The number of aliphatic hydroxyl groups excluding tert-OH is 1. The van der Waals surface area contributed by atoms with Crippen LogP contribution in [-0.2, 0) is 0 Å². The second-order valence-electron chi connectivity index (χ2n) is 4.47. The minimum atomic E-state index is -0.0357. The minimum Gasteiger partial charge on any atom is -0.396 e. The van der Waals surface area contributed by atoms with Gasteiger partial charge in [-0.25, -0.2) is 4.98 Å². The number of hydrogen-bond donors (Lipinski definition) is 3. The molecule has 6 nitrogen and oxygen atoms in total. The van der Waals surface area contributed by atoms with Crippen molar-refractivity contribution < 1.29 is 5.11 Å². The lowest BCUT2D eigenvalue weighted by Gasteiger charge is -2.40. The van der Waals surface area contributed by atoms with E-state index in [9.17, 15) is 5.11 Å². The zero-order valence-corrected chi connectivity index (χ0v) is 9.48. The summed E-state index contributed by atoms with van der Waals surface area (Å²) >= 11 is 0. The van der Waals surface area contributed by atoms with Gasteiger partial charge in [-0.1, -0.05) is 6.42 Å². The molecule has 1 saturated carbocycles. The summed E-state index contributed by atoms with van der Waals surface area (Å²) in [7, 11) is 0. The third-order valence-corrected chi connectivity index (χ3v) is 3.31. The predicted molar refractivity (Wildman–Crippen MR) is 63.0 cm³/mol. The summed E-state index contributed by atoms with van der Waals surface area (Å²) in [4.78, 5) is 7.99. The van der Waals surface area contributed by atoms with Crippen LogP contribution in [0, 0.1) is 16.7 Å². The zero-order chi connectivity index (χ0) is 12.3. The Labute approximate surface area is 99.5 Å². The number of nitrogens with zero attached hydrogens (tertiary/aromatic N) is 3. The van der Waals surface area contributed by atoms with Gasteiger partial charge in [0.1, 0.15) is 17.5 Å². The Morgan fingerprint density at radius 1 is 1.59 bits per heavy atom. The van der Waals surface area contributed by atoms with Gasteiger partial charge in [0, 0.05) is 12.0 Å². The van der Waals surface area contributed by atoms with Gasteiger partial charge < -0.3 is 16.2 Å². The van der Waals surface area contributed by atoms with Crippen molar-refractivity contribution in [3.05, 3.63) is 11.8 Å². The molecule has 0 saturated heterocycles. The number of nitriles is 1. The molecule has 0 amide bonds. The second-order valence-corrected chi connectivity index (χ2v) is 4.47. The summed E-state index contributed by atoms with van der Waals surface area (Å²) in [5.41, 5.74) is 5.83. The van der Waals surface area contributed by atoms with Crippen LogP contribution in [0.15, 0.2) is 6.20 Å². The van der Waals surface area contributed by atoms with Gasteiger partial charge in [0.25, 0.3) is 0 Å². The van der Waals surface area contributed by atoms with E-state index in [2.05, 4.69) is 15.3 Å². The summed E-state index contributed by atoms with van der Waals surface area (Å²) in [6, 6.07) is 1.91. The van der Waals surface area contributed by atoms with Gasteiger partial charge in [0.2, 0.25) is 5.95 Å². The molecule has 0 radical (unpaired) electrons. The molecule has 17 heavy (non-hydrogen) atoms.